The maximum Gasteiger partial charge on any atom is 0.213 e. The van der Waals surface area contributed by atoms with Crippen molar-refractivity contribution < 1.29 is 9.46 Å². The van der Waals surface area contributed by atoms with E-state index >= 15 is 0 Å². The fourth-order valence-electron chi connectivity index (χ4n) is 0.431. The van der Waals surface area contributed by atoms with Crippen molar-refractivity contribution >= 4 is 8.03 Å². The lowest BCUT2D eigenvalue weighted by atomic mass is 10.3. The lowest BCUT2D eigenvalue weighted by Crippen LogP contribution is -1.67. The molecule has 0 saturated carbocycles. The molecule has 0 aliphatic heterocycles. The molecule has 0 fully saturated rings. The van der Waals surface area contributed by atoms with Gasteiger partial charge in [-0.3, -0.25) is 4.57 Å². The van der Waals surface area contributed by atoms with Gasteiger partial charge in [0, 0.05) is 5.31 Å². The number of hydrogen-bond donors (Lipinski definition) is 1. The highest BCUT2D eigenvalue weighted by atomic mass is 31.1. The summed E-state index contributed by atoms with van der Waals surface area (Å²) < 4.78 is 10.3. The highest BCUT2D eigenvalue weighted by Crippen LogP contribution is 2.26. The van der Waals surface area contributed by atoms with Gasteiger partial charge in [-0.2, -0.15) is 0 Å². The summed E-state index contributed by atoms with van der Waals surface area (Å²) in [6.07, 6.45) is 1.61. The molecule has 0 spiro atoms. The molecule has 0 aromatic rings. The van der Waals surface area contributed by atoms with Crippen LogP contribution in [0.1, 0.15) is 13.8 Å². The largest absolute Gasteiger partial charge is 0.343 e. The van der Waals surface area contributed by atoms with Gasteiger partial charge in [0.25, 0.3) is 0 Å². The third-order valence-corrected chi connectivity index (χ3v) is 1.62. The standard InChI is InChI=1S/C6H11O2P/c1-5(2)4-6(3)9(7)8/h4,9H,1H2,2-3H3,(H,7,8)/b6-4+. The molecule has 3 heteroatoms. The molecule has 0 aliphatic carbocycles. The summed E-state index contributed by atoms with van der Waals surface area (Å²) in [5, 5.41) is 0.507. The van der Waals surface area contributed by atoms with Crippen molar-refractivity contribution in [2.45, 2.75) is 13.8 Å². The van der Waals surface area contributed by atoms with Crippen LogP contribution in [0.15, 0.2) is 23.5 Å². The highest BCUT2D eigenvalue weighted by Gasteiger charge is 1.92. The smallest absolute Gasteiger partial charge is 0.213 e. The van der Waals surface area contributed by atoms with Crippen LogP contribution in [0, 0.1) is 0 Å². The Balaban J connectivity index is 4.17. The third-order valence-electron chi connectivity index (χ3n) is 0.800. The average molecular weight is 146 g/mol. The Bertz CT molecular complexity index is 170. The van der Waals surface area contributed by atoms with Crippen molar-refractivity contribution in [1.29, 1.82) is 0 Å². The van der Waals surface area contributed by atoms with Crippen LogP contribution in [0.4, 0.5) is 0 Å². The number of hydrogen-bond acceptors (Lipinski definition) is 1. The van der Waals surface area contributed by atoms with Gasteiger partial charge in [0.2, 0.25) is 8.03 Å². The van der Waals surface area contributed by atoms with E-state index in [1.165, 1.54) is 0 Å². The zero-order valence-corrected chi connectivity index (χ0v) is 6.64. The minimum atomic E-state index is -2.46. The first kappa shape index (κ1) is 8.67. The van der Waals surface area contributed by atoms with Crippen LogP contribution in [-0.4, -0.2) is 4.89 Å². The van der Waals surface area contributed by atoms with Crippen LogP contribution in [0.25, 0.3) is 0 Å². The molecule has 0 bridgehead atoms. The molecule has 9 heavy (non-hydrogen) atoms. The molecular weight excluding hydrogens is 135 g/mol. The predicted molar refractivity (Wildman–Crippen MR) is 39.8 cm³/mol. The minimum absolute atomic E-state index is 0.507. The quantitative estimate of drug-likeness (QED) is 0.477. The second-order valence-corrected chi connectivity index (χ2v) is 3.38. The summed E-state index contributed by atoms with van der Waals surface area (Å²) in [5.41, 5.74) is 0.805. The van der Waals surface area contributed by atoms with E-state index < -0.39 is 8.03 Å². The zero-order chi connectivity index (χ0) is 7.44. The second-order valence-electron chi connectivity index (χ2n) is 1.98. The van der Waals surface area contributed by atoms with E-state index in [1.807, 2.05) is 0 Å². The van der Waals surface area contributed by atoms with Crippen molar-refractivity contribution in [3.05, 3.63) is 23.5 Å². The Labute approximate surface area is 55.8 Å². The number of rotatable bonds is 2. The maximum absolute atomic E-state index is 10.3. The molecule has 0 amide bonds. The Morgan fingerprint density at radius 2 is 2.11 bits per heavy atom. The van der Waals surface area contributed by atoms with E-state index in [4.69, 9.17) is 4.89 Å². The van der Waals surface area contributed by atoms with E-state index in [0.717, 1.165) is 5.57 Å². The van der Waals surface area contributed by atoms with E-state index in [-0.39, 0.29) is 0 Å². The molecule has 0 heterocycles. The fourth-order valence-corrected chi connectivity index (χ4v) is 0.801. The van der Waals surface area contributed by atoms with Gasteiger partial charge in [0.05, 0.1) is 0 Å². The van der Waals surface area contributed by atoms with Crippen LogP contribution in [0.5, 0.6) is 0 Å². The maximum atomic E-state index is 10.3. The van der Waals surface area contributed by atoms with Crippen molar-refractivity contribution in [2.24, 2.45) is 0 Å². The van der Waals surface area contributed by atoms with Crippen LogP contribution >= 0.6 is 8.03 Å². The van der Waals surface area contributed by atoms with Crippen molar-refractivity contribution in [2.75, 3.05) is 0 Å². The van der Waals surface area contributed by atoms with E-state index in [2.05, 4.69) is 6.58 Å². The molecule has 0 rings (SSSR count). The van der Waals surface area contributed by atoms with E-state index in [9.17, 15) is 4.57 Å². The van der Waals surface area contributed by atoms with Gasteiger partial charge in [-0.15, -0.1) is 0 Å². The van der Waals surface area contributed by atoms with Gasteiger partial charge >= 0.3 is 0 Å². The zero-order valence-electron chi connectivity index (χ0n) is 5.64. The molecule has 1 unspecified atom stereocenters. The lowest BCUT2D eigenvalue weighted by Gasteiger charge is -1.91. The van der Waals surface area contributed by atoms with Gasteiger partial charge in [-0.05, 0) is 13.8 Å². The van der Waals surface area contributed by atoms with Gasteiger partial charge in [0.15, 0.2) is 0 Å². The van der Waals surface area contributed by atoms with E-state index in [0.29, 0.717) is 5.31 Å². The monoisotopic (exact) mass is 146 g/mol. The predicted octanol–water partition coefficient (Wildman–Crippen LogP) is 1.93. The molecule has 0 aliphatic rings. The highest BCUT2D eigenvalue weighted by molar-refractivity contribution is 7.43. The summed E-state index contributed by atoms with van der Waals surface area (Å²) in [4.78, 5) is 8.51. The molecule has 0 saturated heterocycles. The molecule has 52 valence electrons. The molecule has 0 radical (unpaired) electrons. The molecule has 1 atom stereocenters. The van der Waals surface area contributed by atoms with Crippen LogP contribution in [0.3, 0.4) is 0 Å². The first-order chi connectivity index (χ1) is 4.04. The SMILES string of the molecule is C=C(C)/C=C(\C)[PH](=O)O. The van der Waals surface area contributed by atoms with Gasteiger partial charge < -0.3 is 4.89 Å². The molecule has 0 aromatic carbocycles. The van der Waals surface area contributed by atoms with E-state index in [1.54, 1.807) is 19.9 Å². The summed E-state index contributed by atoms with van der Waals surface area (Å²) in [7, 11) is -2.46. The summed E-state index contributed by atoms with van der Waals surface area (Å²) in [6.45, 7) is 6.97. The Morgan fingerprint density at radius 1 is 1.67 bits per heavy atom. The number of allylic oxidation sites excluding steroid dienone is 3. The van der Waals surface area contributed by atoms with Gasteiger partial charge in [-0.25, -0.2) is 0 Å². The first-order valence-corrected chi connectivity index (χ1v) is 3.96. The molecule has 1 N–H and O–H groups in total. The summed E-state index contributed by atoms with van der Waals surface area (Å²) in [5.74, 6) is 0. The van der Waals surface area contributed by atoms with Crippen LogP contribution in [0.2, 0.25) is 0 Å². The molecule has 2 nitrogen and oxygen atoms in total. The Hall–Kier alpha value is -0.330. The molecular formula is C6H11O2P. The Morgan fingerprint density at radius 3 is 2.22 bits per heavy atom. The third kappa shape index (κ3) is 4.19. The average Bonchev–Trinajstić information content (AvgIpc) is 1.63. The normalized spacial score (nSPS) is 15.2. The summed E-state index contributed by atoms with van der Waals surface area (Å²) >= 11 is 0. The first-order valence-electron chi connectivity index (χ1n) is 2.61. The lowest BCUT2D eigenvalue weighted by molar-refractivity contribution is 0.509. The van der Waals surface area contributed by atoms with Gasteiger partial charge in [-0.1, -0.05) is 18.2 Å². The topological polar surface area (TPSA) is 37.3 Å². The molecule has 0 aromatic heterocycles. The fraction of sp³-hybridized carbons (Fsp3) is 0.333. The summed E-state index contributed by atoms with van der Waals surface area (Å²) in [6, 6.07) is 0. The van der Waals surface area contributed by atoms with Crippen molar-refractivity contribution in [3.8, 4) is 0 Å². The van der Waals surface area contributed by atoms with Crippen LogP contribution < -0.4 is 0 Å². The second kappa shape index (κ2) is 3.65. The minimum Gasteiger partial charge on any atom is -0.343 e. The van der Waals surface area contributed by atoms with Crippen molar-refractivity contribution in [3.63, 3.8) is 0 Å². The van der Waals surface area contributed by atoms with Crippen molar-refractivity contribution in [1.82, 2.24) is 0 Å². The van der Waals surface area contributed by atoms with Gasteiger partial charge in [0.1, 0.15) is 0 Å². The Kier molecular flexibility index (Phi) is 3.52. The van der Waals surface area contributed by atoms with Crippen LogP contribution in [-0.2, 0) is 4.57 Å².